The number of likely N-dealkylation sites (tertiary alicyclic amines) is 1. The monoisotopic (exact) mass is 342 g/mol. The number of amides is 1. The van der Waals surface area contributed by atoms with Crippen LogP contribution in [-0.2, 0) is 10.0 Å². The van der Waals surface area contributed by atoms with E-state index in [0.29, 0.717) is 0 Å². The van der Waals surface area contributed by atoms with Gasteiger partial charge in [-0.15, -0.1) is 11.3 Å². The van der Waals surface area contributed by atoms with E-state index in [1.54, 1.807) is 11.3 Å². The Bertz CT molecular complexity index is 665. The topological polar surface area (TPSA) is 66.5 Å². The van der Waals surface area contributed by atoms with Crippen LogP contribution in [0.3, 0.4) is 0 Å². The van der Waals surface area contributed by atoms with Gasteiger partial charge in [-0.1, -0.05) is 0 Å². The highest BCUT2D eigenvalue weighted by Crippen LogP contribution is 2.49. The molecular weight excluding hydrogens is 320 g/mol. The normalized spacial score (nSPS) is 21.8. The van der Waals surface area contributed by atoms with Crippen molar-refractivity contribution < 1.29 is 13.2 Å². The fraction of sp³-hybridized carbons (Fsp3) is 0.667. The van der Waals surface area contributed by atoms with Gasteiger partial charge in [-0.05, 0) is 50.2 Å². The molecule has 0 atom stereocenters. The predicted molar refractivity (Wildman–Crippen MR) is 87.6 cm³/mol. The molecule has 0 bridgehead atoms. The van der Waals surface area contributed by atoms with Gasteiger partial charge in [0.2, 0.25) is 10.0 Å². The first-order valence-electron chi connectivity index (χ1n) is 7.59. The van der Waals surface area contributed by atoms with Gasteiger partial charge >= 0.3 is 0 Å². The van der Waals surface area contributed by atoms with Crippen LogP contribution in [0.4, 0.5) is 0 Å². The zero-order chi connectivity index (χ0) is 16.0. The standard InChI is InChI=1S/C15H22N2O3S2/c1-11-3-4-13(21-11)14(18)17-7-5-15(6-8-17)9-12(10-15)16-22(2,19)20/h3-4,12,16H,5-10H2,1-2H3. The van der Waals surface area contributed by atoms with E-state index in [4.69, 9.17) is 0 Å². The molecule has 1 saturated heterocycles. The number of hydrogen-bond acceptors (Lipinski definition) is 4. The van der Waals surface area contributed by atoms with Crippen molar-refractivity contribution in [2.75, 3.05) is 19.3 Å². The molecule has 1 N–H and O–H groups in total. The molecule has 2 heterocycles. The van der Waals surface area contributed by atoms with Crippen LogP contribution in [0.5, 0.6) is 0 Å². The van der Waals surface area contributed by atoms with Crippen molar-refractivity contribution in [1.82, 2.24) is 9.62 Å². The summed E-state index contributed by atoms with van der Waals surface area (Å²) < 4.78 is 25.2. The smallest absolute Gasteiger partial charge is 0.263 e. The highest BCUT2D eigenvalue weighted by atomic mass is 32.2. The second-order valence-corrected chi connectivity index (χ2v) is 9.77. The average Bonchev–Trinajstić information content (AvgIpc) is 2.82. The van der Waals surface area contributed by atoms with Crippen LogP contribution in [0, 0.1) is 12.3 Å². The maximum Gasteiger partial charge on any atom is 0.263 e. The molecule has 5 nitrogen and oxygen atoms in total. The maximum atomic E-state index is 12.4. The lowest BCUT2D eigenvalue weighted by Gasteiger charge is -2.52. The molecule has 2 fully saturated rings. The number of sulfonamides is 1. The van der Waals surface area contributed by atoms with Crippen LogP contribution < -0.4 is 4.72 Å². The highest BCUT2D eigenvalue weighted by Gasteiger charge is 2.47. The van der Waals surface area contributed by atoms with Crippen molar-refractivity contribution in [2.45, 2.75) is 38.6 Å². The molecule has 2 aliphatic rings. The van der Waals surface area contributed by atoms with Crippen molar-refractivity contribution in [2.24, 2.45) is 5.41 Å². The number of carbonyl (C=O) groups is 1. The Morgan fingerprint density at radius 2 is 1.95 bits per heavy atom. The third kappa shape index (κ3) is 3.36. The molecular formula is C15H22N2O3S2. The summed E-state index contributed by atoms with van der Waals surface area (Å²) in [4.78, 5) is 16.3. The van der Waals surface area contributed by atoms with E-state index in [-0.39, 0.29) is 17.4 Å². The summed E-state index contributed by atoms with van der Waals surface area (Å²) in [6, 6.07) is 3.97. The van der Waals surface area contributed by atoms with Crippen molar-refractivity contribution in [3.05, 3.63) is 21.9 Å². The molecule has 0 aromatic carbocycles. The summed E-state index contributed by atoms with van der Waals surface area (Å²) in [5.74, 6) is 0.137. The van der Waals surface area contributed by atoms with Crippen molar-refractivity contribution >= 4 is 27.3 Å². The maximum absolute atomic E-state index is 12.4. The van der Waals surface area contributed by atoms with Gasteiger partial charge in [0, 0.05) is 24.0 Å². The number of thiophene rings is 1. The molecule has 1 aliphatic heterocycles. The predicted octanol–water partition coefficient (Wildman–Crippen LogP) is 1.99. The minimum Gasteiger partial charge on any atom is -0.338 e. The molecule has 7 heteroatoms. The first-order chi connectivity index (χ1) is 10.3. The van der Waals surface area contributed by atoms with Gasteiger partial charge in [-0.2, -0.15) is 0 Å². The molecule has 1 spiro atoms. The molecule has 1 saturated carbocycles. The zero-order valence-electron chi connectivity index (χ0n) is 13.0. The lowest BCUT2D eigenvalue weighted by Crippen LogP contribution is -2.55. The van der Waals surface area contributed by atoms with Gasteiger partial charge in [-0.3, -0.25) is 4.79 Å². The first-order valence-corrected chi connectivity index (χ1v) is 10.3. The van der Waals surface area contributed by atoms with E-state index in [9.17, 15) is 13.2 Å². The summed E-state index contributed by atoms with van der Waals surface area (Å²) in [5, 5.41) is 0. The van der Waals surface area contributed by atoms with Crippen LogP contribution in [0.2, 0.25) is 0 Å². The second-order valence-electron chi connectivity index (χ2n) is 6.70. The van der Waals surface area contributed by atoms with E-state index in [2.05, 4.69) is 4.72 Å². The summed E-state index contributed by atoms with van der Waals surface area (Å²) >= 11 is 1.55. The van der Waals surface area contributed by atoms with E-state index in [1.807, 2.05) is 24.0 Å². The van der Waals surface area contributed by atoms with E-state index < -0.39 is 10.0 Å². The minimum atomic E-state index is -3.11. The summed E-state index contributed by atoms with van der Waals surface area (Å²) in [7, 11) is -3.11. The summed E-state index contributed by atoms with van der Waals surface area (Å²) in [5.41, 5.74) is 0.241. The van der Waals surface area contributed by atoms with Gasteiger partial charge in [0.15, 0.2) is 0 Å². The zero-order valence-corrected chi connectivity index (χ0v) is 14.6. The first kappa shape index (κ1) is 16.0. The van der Waals surface area contributed by atoms with Gasteiger partial charge in [0.1, 0.15) is 0 Å². The Morgan fingerprint density at radius 3 is 2.45 bits per heavy atom. The van der Waals surface area contributed by atoms with Crippen molar-refractivity contribution in [3.63, 3.8) is 0 Å². The van der Waals surface area contributed by atoms with Crippen molar-refractivity contribution in [1.29, 1.82) is 0 Å². The fourth-order valence-corrected chi connectivity index (χ4v) is 5.28. The Labute approximate surface area is 135 Å². The molecule has 122 valence electrons. The third-order valence-electron chi connectivity index (χ3n) is 4.80. The van der Waals surface area contributed by atoms with E-state index in [0.717, 1.165) is 48.5 Å². The quantitative estimate of drug-likeness (QED) is 0.913. The second kappa shape index (κ2) is 5.62. The highest BCUT2D eigenvalue weighted by molar-refractivity contribution is 7.88. The Hall–Kier alpha value is -0.920. The number of carbonyl (C=O) groups excluding carboxylic acids is 1. The molecule has 1 aromatic heterocycles. The van der Waals surface area contributed by atoms with Gasteiger partial charge in [0.05, 0.1) is 11.1 Å². The van der Waals surface area contributed by atoms with Gasteiger partial charge in [0.25, 0.3) is 5.91 Å². The largest absolute Gasteiger partial charge is 0.338 e. The summed E-state index contributed by atoms with van der Waals surface area (Å²) in [6.07, 6.45) is 4.97. The van der Waals surface area contributed by atoms with Gasteiger partial charge in [-0.25, -0.2) is 13.1 Å². The van der Waals surface area contributed by atoms with E-state index in [1.165, 1.54) is 6.26 Å². The molecule has 0 radical (unpaired) electrons. The van der Waals surface area contributed by atoms with Crippen LogP contribution in [0.15, 0.2) is 12.1 Å². The number of nitrogens with zero attached hydrogens (tertiary/aromatic N) is 1. The molecule has 1 aromatic rings. The lowest BCUT2D eigenvalue weighted by molar-refractivity contribution is 0.0140. The minimum absolute atomic E-state index is 0.0807. The number of aryl methyl sites for hydroxylation is 1. The van der Waals surface area contributed by atoms with Crippen LogP contribution in [0.25, 0.3) is 0 Å². The SMILES string of the molecule is Cc1ccc(C(=O)N2CCC3(CC2)CC(NS(C)(=O)=O)C3)s1. The lowest BCUT2D eigenvalue weighted by atomic mass is 9.60. The molecule has 3 rings (SSSR count). The average molecular weight is 342 g/mol. The Morgan fingerprint density at radius 1 is 1.32 bits per heavy atom. The van der Waals surface area contributed by atoms with Crippen LogP contribution >= 0.6 is 11.3 Å². The van der Waals surface area contributed by atoms with Crippen molar-refractivity contribution in [3.8, 4) is 0 Å². The number of piperidine rings is 1. The number of hydrogen-bond donors (Lipinski definition) is 1. The van der Waals surface area contributed by atoms with Crippen LogP contribution in [0.1, 0.15) is 40.2 Å². The molecule has 1 amide bonds. The molecule has 22 heavy (non-hydrogen) atoms. The van der Waals surface area contributed by atoms with Crippen LogP contribution in [-0.4, -0.2) is 44.6 Å². The third-order valence-corrected chi connectivity index (χ3v) is 6.55. The Balaban J connectivity index is 1.52. The molecule has 0 unspecified atom stereocenters. The number of rotatable bonds is 3. The number of nitrogens with one attached hydrogen (secondary N) is 1. The van der Waals surface area contributed by atoms with E-state index >= 15 is 0 Å². The fourth-order valence-electron chi connectivity index (χ4n) is 3.67. The van der Waals surface area contributed by atoms with Gasteiger partial charge < -0.3 is 4.90 Å². The Kier molecular flexibility index (Phi) is 4.07. The summed E-state index contributed by atoms with van der Waals surface area (Å²) in [6.45, 7) is 3.57. The molecule has 1 aliphatic carbocycles.